The van der Waals surface area contributed by atoms with E-state index in [4.69, 9.17) is 27.6 Å². The lowest BCUT2D eigenvalue weighted by molar-refractivity contribution is 0.0997. The third kappa shape index (κ3) is 3.23. The Morgan fingerprint density at radius 2 is 1.78 bits per heavy atom. The number of anilines is 1. The van der Waals surface area contributed by atoms with Crippen molar-refractivity contribution >= 4 is 45.8 Å². The summed E-state index contributed by atoms with van der Waals surface area (Å²) < 4.78 is 5.54. The fraction of sp³-hybridized carbons (Fsp3) is 0.0588. The van der Waals surface area contributed by atoms with E-state index < -0.39 is 5.91 Å². The fourth-order valence-corrected chi connectivity index (χ4v) is 2.40. The number of carbonyl (C=O) groups excluding carboxylic acids is 1. The summed E-state index contributed by atoms with van der Waals surface area (Å²) in [6.45, 7) is 1.79. The number of amides is 1. The molecule has 3 aromatic rings. The first-order chi connectivity index (χ1) is 10.9. The zero-order valence-electron chi connectivity index (χ0n) is 12.0. The van der Waals surface area contributed by atoms with Gasteiger partial charge in [-0.3, -0.25) is 9.59 Å². The molecule has 0 saturated heterocycles. The molecule has 23 heavy (non-hydrogen) atoms. The highest BCUT2D eigenvalue weighted by molar-refractivity contribution is 6.32. The van der Waals surface area contributed by atoms with E-state index in [1.165, 1.54) is 0 Å². The summed E-state index contributed by atoms with van der Waals surface area (Å²) in [5, 5.41) is 4.02. The van der Waals surface area contributed by atoms with Crippen LogP contribution in [-0.2, 0) is 0 Å². The first-order valence-electron chi connectivity index (χ1n) is 6.75. The second-order valence-electron chi connectivity index (χ2n) is 5.03. The van der Waals surface area contributed by atoms with Crippen molar-refractivity contribution in [1.82, 2.24) is 0 Å². The maximum Gasteiger partial charge on any atom is 0.291 e. The van der Waals surface area contributed by atoms with Crippen molar-refractivity contribution in [3.8, 4) is 0 Å². The predicted molar refractivity (Wildman–Crippen MR) is 91.6 cm³/mol. The molecule has 0 aliphatic heterocycles. The lowest BCUT2D eigenvalue weighted by atomic mass is 10.1. The quantitative estimate of drug-likeness (QED) is 0.733. The van der Waals surface area contributed by atoms with E-state index in [-0.39, 0.29) is 11.2 Å². The van der Waals surface area contributed by atoms with Gasteiger partial charge in [-0.15, -0.1) is 0 Å². The van der Waals surface area contributed by atoms with Crippen LogP contribution < -0.4 is 10.7 Å². The standard InChI is InChI=1S/C17H11Cl2NO3/c1-9-6-15-12(7-13(9)19)14(21)8-16(23-15)17(22)20-11-4-2-10(18)3-5-11/h2-8H,1H3,(H,20,22). The van der Waals surface area contributed by atoms with Gasteiger partial charge in [-0.1, -0.05) is 23.2 Å². The maximum atomic E-state index is 12.2. The molecule has 0 spiro atoms. The monoisotopic (exact) mass is 347 g/mol. The van der Waals surface area contributed by atoms with Gasteiger partial charge in [-0.25, -0.2) is 0 Å². The summed E-state index contributed by atoms with van der Waals surface area (Å²) in [4.78, 5) is 24.4. The third-order valence-corrected chi connectivity index (χ3v) is 3.99. The molecule has 0 atom stereocenters. The Bertz CT molecular complexity index is 962. The minimum absolute atomic E-state index is 0.0702. The molecule has 4 nitrogen and oxygen atoms in total. The molecule has 6 heteroatoms. The highest BCUT2D eigenvalue weighted by atomic mass is 35.5. The van der Waals surface area contributed by atoms with Crippen LogP contribution in [0.2, 0.25) is 10.0 Å². The van der Waals surface area contributed by atoms with Crippen LogP contribution in [0.25, 0.3) is 11.0 Å². The van der Waals surface area contributed by atoms with E-state index in [2.05, 4.69) is 5.32 Å². The largest absolute Gasteiger partial charge is 0.451 e. The average Bonchev–Trinajstić information content (AvgIpc) is 2.51. The van der Waals surface area contributed by atoms with Crippen LogP contribution in [-0.4, -0.2) is 5.91 Å². The van der Waals surface area contributed by atoms with Crippen molar-refractivity contribution in [2.75, 3.05) is 5.32 Å². The lowest BCUT2D eigenvalue weighted by Gasteiger charge is -2.06. The molecule has 0 aliphatic carbocycles. The summed E-state index contributed by atoms with van der Waals surface area (Å²) in [5.41, 5.74) is 1.31. The summed E-state index contributed by atoms with van der Waals surface area (Å²) in [5.74, 6) is -0.585. The second kappa shape index (κ2) is 6.07. The van der Waals surface area contributed by atoms with Gasteiger partial charge in [0.05, 0.1) is 5.39 Å². The number of hydrogen-bond donors (Lipinski definition) is 1. The minimum atomic E-state index is -0.515. The smallest absolute Gasteiger partial charge is 0.291 e. The minimum Gasteiger partial charge on any atom is -0.451 e. The molecule has 0 fully saturated rings. The molecule has 2 aromatic carbocycles. The molecule has 3 rings (SSSR count). The molecule has 0 saturated carbocycles. The topological polar surface area (TPSA) is 59.3 Å². The fourth-order valence-electron chi connectivity index (χ4n) is 2.11. The zero-order chi connectivity index (χ0) is 16.6. The van der Waals surface area contributed by atoms with Gasteiger partial charge in [0, 0.05) is 21.8 Å². The normalized spacial score (nSPS) is 10.7. The van der Waals surface area contributed by atoms with Crippen LogP contribution in [0.5, 0.6) is 0 Å². The van der Waals surface area contributed by atoms with Crippen LogP contribution in [0, 0.1) is 6.92 Å². The molecule has 0 unspecified atom stereocenters. The van der Waals surface area contributed by atoms with Crippen molar-refractivity contribution in [3.05, 3.63) is 74.1 Å². The van der Waals surface area contributed by atoms with Crippen LogP contribution in [0.3, 0.4) is 0 Å². The average molecular weight is 348 g/mol. The molecule has 0 bridgehead atoms. The number of halogens is 2. The Morgan fingerprint density at radius 3 is 2.48 bits per heavy atom. The molecule has 0 radical (unpaired) electrons. The number of hydrogen-bond acceptors (Lipinski definition) is 3. The highest BCUT2D eigenvalue weighted by Gasteiger charge is 2.13. The molecule has 1 N–H and O–H groups in total. The predicted octanol–water partition coefficient (Wildman–Crippen LogP) is 4.66. The van der Waals surface area contributed by atoms with E-state index in [0.717, 1.165) is 11.6 Å². The Labute approximate surface area is 141 Å². The molecular weight excluding hydrogens is 337 g/mol. The van der Waals surface area contributed by atoms with Gasteiger partial charge in [0.25, 0.3) is 5.91 Å². The summed E-state index contributed by atoms with van der Waals surface area (Å²) >= 11 is 11.8. The zero-order valence-corrected chi connectivity index (χ0v) is 13.5. The number of rotatable bonds is 2. The first-order valence-corrected chi connectivity index (χ1v) is 7.50. The van der Waals surface area contributed by atoms with Crippen molar-refractivity contribution in [2.45, 2.75) is 6.92 Å². The van der Waals surface area contributed by atoms with Gasteiger partial charge in [0.15, 0.2) is 11.2 Å². The molecule has 116 valence electrons. The van der Waals surface area contributed by atoms with E-state index in [9.17, 15) is 9.59 Å². The maximum absolute atomic E-state index is 12.2. The molecule has 1 heterocycles. The third-order valence-electron chi connectivity index (χ3n) is 3.33. The number of carbonyl (C=O) groups is 1. The van der Waals surface area contributed by atoms with Gasteiger partial charge < -0.3 is 9.73 Å². The summed E-state index contributed by atoms with van der Waals surface area (Å²) in [7, 11) is 0. The van der Waals surface area contributed by atoms with Crippen LogP contribution in [0.1, 0.15) is 16.1 Å². The van der Waals surface area contributed by atoms with Crippen molar-refractivity contribution in [2.24, 2.45) is 0 Å². The highest BCUT2D eigenvalue weighted by Crippen LogP contribution is 2.22. The van der Waals surface area contributed by atoms with Gasteiger partial charge in [-0.05, 0) is 48.9 Å². The van der Waals surface area contributed by atoms with E-state index >= 15 is 0 Å². The number of aryl methyl sites for hydroxylation is 1. The SMILES string of the molecule is Cc1cc2oc(C(=O)Nc3ccc(Cl)cc3)cc(=O)c2cc1Cl. The van der Waals surface area contributed by atoms with Crippen molar-refractivity contribution < 1.29 is 9.21 Å². The second-order valence-corrected chi connectivity index (χ2v) is 5.88. The van der Waals surface area contributed by atoms with Gasteiger partial charge in [0.1, 0.15) is 5.58 Å². The number of benzene rings is 2. The molecular formula is C17H11Cl2NO3. The molecule has 0 aliphatic rings. The van der Waals surface area contributed by atoms with E-state index in [0.29, 0.717) is 26.7 Å². The van der Waals surface area contributed by atoms with E-state index in [1.807, 2.05) is 0 Å². The number of nitrogens with one attached hydrogen (secondary N) is 1. The van der Waals surface area contributed by atoms with Crippen molar-refractivity contribution in [1.29, 1.82) is 0 Å². The first kappa shape index (κ1) is 15.6. The Balaban J connectivity index is 1.99. The Morgan fingerprint density at radius 1 is 1.09 bits per heavy atom. The van der Waals surface area contributed by atoms with Crippen molar-refractivity contribution in [3.63, 3.8) is 0 Å². The van der Waals surface area contributed by atoms with Gasteiger partial charge in [0.2, 0.25) is 0 Å². The Hall–Kier alpha value is -2.30. The van der Waals surface area contributed by atoms with Gasteiger partial charge >= 0.3 is 0 Å². The van der Waals surface area contributed by atoms with Crippen LogP contribution in [0.15, 0.2) is 51.7 Å². The number of fused-ring (bicyclic) bond motifs is 1. The molecule has 1 amide bonds. The van der Waals surface area contributed by atoms with Crippen LogP contribution in [0.4, 0.5) is 5.69 Å². The Kier molecular flexibility index (Phi) is 4.11. The van der Waals surface area contributed by atoms with Gasteiger partial charge in [-0.2, -0.15) is 0 Å². The molecule has 1 aromatic heterocycles. The van der Waals surface area contributed by atoms with E-state index in [1.54, 1.807) is 43.3 Å². The summed E-state index contributed by atoms with van der Waals surface area (Å²) in [6.07, 6.45) is 0. The lowest BCUT2D eigenvalue weighted by Crippen LogP contribution is -2.15. The van der Waals surface area contributed by atoms with Crippen LogP contribution >= 0.6 is 23.2 Å². The summed E-state index contributed by atoms with van der Waals surface area (Å²) in [6, 6.07) is 10.9.